The summed E-state index contributed by atoms with van der Waals surface area (Å²) in [4.78, 5) is 2.54. The molecule has 2 N–H and O–H groups in total. The average Bonchev–Trinajstić information content (AvgIpc) is 3.13. The zero-order chi connectivity index (χ0) is 15.1. The maximum absolute atomic E-state index is 9.93. The van der Waals surface area contributed by atoms with E-state index in [0.29, 0.717) is 12.5 Å². The molecule has 21 heavy (non-hydrogen) atoms. The second-order valence-corrected chi connectivity index (χ2v) is 7.53. The van der Waals surface area contributed by atoms with E-state index in [1.807, 2.05) is 0 Å². The topological polar surface area (TPSA) is 35.5 Å². The summed E-state index contributed by atoms with van der Waals surface area (Å²) in [5.74, 6) is 1.60. The normalized spacial score (nSPS) is 30.6. The molecule has 0 aliphatic heterocycles. The highest BCUT2D eigenvalue weighted by Crippen LogP contribution is 2.38. The minimum absolute atomic E-state index is 0.0181. The van der Waals surface area contributed by atoms with Crippen LogP contribution in [0.1, 0.15) is 64.7 Å². The van der Waals surface area contributed by atoms with Crippen LogP contribution < -0.4 is 5.32 Å². The summed E-state index contributed by atoms with van der Waals surface area (Å²) in [7, 11) is 2.29. The van der Waals surface area contributed by atoms with Crippen LogP contribution in [0.25, 0.3) is 0 Å². The molecule has 2 fully saturated rings. The number of aliphatic hydroxyl groups excluding tert-OH is 1. The Bertz CT molecular complexity index is 291. The molecule has 0 aromatic rings. The second-order valence-electron chi connectivity index (χ2n) is 7.53. The van der Waals surface area contributed by atoms with E-state index in [1.165, 1.54) is 58.0 Å². The molecule has 0 amide bonds. The van der Waals surface area contributed by atoms with Crippen LogP contribution in [-0.4, -0.2) is 48.8 Å². The minimum Gasteiger partial charge on any atom is -0.394 e. The molecule has 2 aliphatic carbocycles. The van der Waals surface area contributed by atoms with Crippen LogP contribution in [0.5, 0.6) is 0 Å². The zero-order valence-electron chi connectivity index (χ0n) is 14.2. The molecule has 2 atom stereocenters. The van der Waals surface area contributed by atoms with E-state index in [9.17, 15) is 5.11 Å². The van der Waals surface area contributed by atoms with Crippen LogP contribution in [0.15, 0.2) is 0 Å². The predicted octanol–water partition coefficient (Wildman–Crippen LogP) is 3.03. The first-order valence-corrected chi connectivity index (χ1v) is 9.24. The summed E-state index contributed by atoms with van der Waals surface area (Å²) in [6, 6.07) is 0. The molecule has 0 aromatic heterocycles. The lowest BCUT2D eigenvalue weighted by atomic mass is 9.85. The van der Waals surface area contributed by atoms with Gasteiger partial charge in [-0.25, -0.2) is 0 Å². The van der Waals surface area contributed by atoms with E-state index >= 15 is 0 Å². The quantitative estimate of drug-likeness (QED) is 0.686. The predicted molar refractivity (Wildman–Crippen MR) is 89.5 cm³/mol. The van der Waals surface area contributed by atoms with E-state index in [2.05, 4.69) is 24.2 Å². The number of nitrogens with one attached hydrogen (secondary N) is 1. The van der Waals surface area contributed by atoms with Gasteiger partial charge in [0.25, 0.3) is 0 Å². The molecule has 2 aliphatic rings. The smallest absolute Gasteiger partial charge is 0.0616 e. The van der Waals surface area contributed by atoms with E-state index in [1.54, 1.807) is 0 Å². The fourth-order valence-electron chi connectivity index (χ4n) is 4.54. The molecule has 0 aromatic carbocycles. The number of nitrogens with zero attached hydrogens (tertiary/aromatic N) is 1. The molecule has 3 heteroatoms. The maximum atomic E-state index is 9.93. The first-order valence-electron chi connectivity index (χ1n) is 9.24. The zero-order valence-corrected chi connectivity index (χ0v) is 14.2. The lowest BCUT2D eigenvalue weighted by Crippen LogP contribution is -2.52. The van der Waals surface area contributed by atoms with Crippen molar-refractivity contribution >= 4 is 0 Å². The van der Waals surface area contributed by atoms with Gasteiger partial charge in [0.05, 0.1) is 6.61 Å². The second kappa shape index (κ2) is 8.50. The highest BCUT2D eigenvalue weighted by Gasteiger charge is 2.41. The third kappa shape index (κ3) is 4.67. The molecule has 2 rings (SSSR count). The van der Waals surface area contributed by atoms with Gasteiger partial charge in [0.15, 0.2) is 0 Å². The Morgan fingerprint density at radius 1 is 1.19 bits per heavy atom. The van der Waals surface area contributed by atoms with Crippen molar-refractivity contribution in [2.75, 3.05) is 33.3 Å². The molecule has 124 valence electrons. The van der Waals surface area contributed by atoms with Gasteiger partial charge in [-0.2, -0.15) is 0 Å². The molecule has 0 radical (unpaired) electrons. The van der Waals surface area contributed by atoms with Crippen molar-refractivity contribution in [3.63, 3.8) is 0 Å². The summed E-state index contributed by atoms with van der Waals surface area (Å²) in [6.07, 6.45) is 11.9. The van der Waals surface area contributed by atoms with Gasteiger partial charge in [0.1, 0.15) is 0 Å². The highest BCUT2D eigenvalue weighted by molar-refractivity contribution is 4.99. The Morgan fingerprint density at radius 2 is 1.95 bits per heavy atom. The summed E-state index contributed by atoms with van der Waals surface area (Å²) in [5.41, 5.74) is 0.0181. The molecule has 2 saturated carbocycles. The Balaban J connectivity index is 1.77. The van der Waals surface area contributed by atoms with Crippen LogP contribution in [0.2, 0.25) is 0 Å². The third-order valence-electron chi connectivity index (χ3n) is 5.87. The van der Waals surface area contributed by atoms with Gasteiger partial charge >= 0.3 is 0 Å². The lowest BCUT2D eigenvalue weighted by Gasteiger charge is -2.36. The molecule has 0 bridgehead atoms. The van der Waals surface area contributed by atoms with Crippen LogP contribution in [0, 0.1) is 11.8 Å². The van der Waals surface area contributed by atoms with Gasteiger partial charge in [0.2, 0.25) is 0 Å². The van der Waals surface area contributed by atoms with Gasteiger partial charge in [-0.1, -0.05) is 26.2 Å². The van der Waals surface area contributed by atoms with Crippen LogP contribution in [0.3, 0.4) is 0 Å². The third-order valence-corrected chi connectivity index (χ3v) is 5.87. The minimum atomic E-state index is 0.0181. The fourth-order valence-corrected chi connectivity index (χ4v) is 4.54. The van der Waals surface area contributed by atoms with Crippen LogP contribution in [0.4, 0.5) is 0 Å². The van der Waals surface area contributed by atoms with Crippen molar-refractivity contribution in [1.82, 2.24) is 10.2 Å². The van der Waals surface area contributed by atoms with Crippen molar-refractivity contribution < 1.29 is 5.11 Å². The Labute approximate surface area is 131 Å². The highest BCUT2D eigenvalue weighted by atomic mass is 16.3. The van der Waals surface area contributed by atoms with Crippen molar-refractivity contribution in [2.45, 2.75) is 70.3 Å². The van der Waals surface area contributed by atoms with E-state index in [4.69, 9.17) is 0 Å². The van der Waals surface area contributed by atoms with Gasteiger partial charge < -0.3 is 15.3 Å². The fraction of sp³-hybridized carbons (Fsp3) is 1.00. The Hall–Kier alpha value is -0.120. The van der Waals surface area contributed by atoms with Crippen LogP contribution >= 0.6 is 0 Å². The molecule has 0 heterocycles. The van der Waals surface area contributed by atoms with Crippen molar-refractivity contribution in [3.8, 4) is 0 Å². The largest absolute Gasteiger partial charge is 0.394 e. The van der Waals surface area contributed by atoms with Crippen molar-refractivity contribution in [3.05, 3.63) is 0 Å². The molecular formula is C18H36N2O. The summed E-state index contributed by atoms with van der Waals surface area (Å²) in [5, 5.41) is 13.6. The lowest BCUT2D eigenvalue weighted by molar-refractivity contribution is 0.112. The van der Waals surface area contributed by atoms with E-state index < -0.39 is 0 Å². The number of hydrogen-bond donors (Lipinski definition) is 2. The standard InChI is InChI=1S/C18H36N2O/c1-3-12-19-18(15-21)11-6-9-17(18)10-13-20(2)14-16-7-4-5-8-16/h16-17,19,21H,3-15H2,1-2H3. The van der Waals surface area contributed by atoms with Crippen LogP contribution in [-0.2, 0) is 0 Å². The molecule has 0 spiro atoms. The number of aliphatic hydroxyl groups is 1. The Morgan fingerprint density at radius 3 is 2.62 bits per heavy atom. The van der Waals surface area contributed by atoms with Crippen molar-refractivity contribution in [1.29, 1.82) is 0 Å². The first-order chi connectivity index (χ1) is 10.2. The molecular weight excluding hydrogens is 260 g/mol. The SMILES string of the molecule is CCCNC1(CO)CCCC1CCN(C)CC1CCCC1. The summed E-state index contributed by atoms with van der Waals surface area (Å²) in [6.45, 7) is 6.02. The summed E-state index contributed by atoms with van der Waals surface area (Å²) >= 11 is 0. The van der Waals surface area contributed by atoms with Gasteiger partial charge in [-0.05, 0) is 70.5 Å². The van der Waals surface area contributed by atoms with Gasteiger partial charge in [0, 0.05) is 12.1 Å². The molecule has 3 nitrogen and oxygen atoms in total. The van der Waals surface area contributed by atoms with E-state index in [0.717, 1.165) is 25.3 Å². The first kappa shape index (κ1) is 17.2. The van der Waals surface area contributed by atoms with Gasteiger partial charge in [-0.3, -0.25) is 0 Å². The molecule has 0 saturated heterocycles. The number of hydrogen-bond acceptors (Lipinski definition) is 3. The van der Waals surface area contributed by atoms with E-state index in [-0.39, 0.29) is 5.54 Å². The molecule has 2 unspecified atom stereocenters. The number of rotatable bonds is 9. The van der Waals surface area contributed by atoms with Gasteiger partial charge in [-0.15, -0.1) is 0 Å². The average molecular weight is 296 g/mol. The Kier molecular flexibility index (Phi) is 6.97. The maximum Gasteiger partial charge on any atom is 0.0616 e. The monoisotopic (exact) mass is 296 g/mol. The summed E-state index contributed by atoms with van der Waals surface area (Å²) < 4.78 is 0. The van der Waals surface area contributed by atoms with Crippen molar-refractivity contribution in [2.24, 2.45) is 11.8 Å².